The first-order valence-corrected chi connectivity index (χ1v) is 7.12. The minimum atomic E-state index is -0.853. The van der Waals surface area contributed by atoms with Crippen molar-refractivity contribution in [1.29, 1.82) is 0 Å². The Hall–Kier alpha value is -2.30. The molecule has 0 bridgehead atoms. The van der Waals surface area contributed by atoms with Crippen molar-refractivity contribution in [3.8, 4) is 5.75 Å². The Morgan fingerprint density at radius 2 is 1.82 bits per heavy atom. The molecule has 0 aromatic heterocycles. The molecule has 1 N–H and O–H groups in total. The van der Waals surface area contributed by atoms with Crippen molar-refractivity contribution >= 4 is 17.6 Å². The Morgan fingerprint density at radius 3 is 2.27 bits per heavy atom. The van der Waals surface area contributed by atoms with Crippen molar-refractivity contribution in [2.75, 3.05) is 13.7 Å². The first-order valence-electron chi connectivity index (χ1n) is 7.12. The predicted octanol–water partition coefficient (Wildman–Crippen LogP) is 2.76. The van der Waals surface area contributed by atoms with Gasteiger partial charge in [0.1, 0.15) is 5.75 Å². The lowest BCUT2D eigenvalue weighted by Gasteiger charge is -2.20. The fraction of sp³-hybridized carbons (Fsp3) is 0.412. The predicted molar refractivity (Wildman–Crippen MR) is 85.2 cm³/mol. The summed E-state index contributed by atoms with van der Waals surface area (Å²) >= 11 is 0. The number of rotatable bonds is 6. The largest absolute Gasteiger partial charge is 0.497 e. The molecule has 1 rings (SSSR count). The van der Waals surface area contributed by atoms with Crippen LogP contribution in [-0.2, 0) is 14.3 Å². The fourth-order valence-electron chi connectivity index (χ4n) is 1.89. The Balaban J connectivity index is 3.18. The maximum Gasteiger partial charge on any atom is 0.315 e. The maximum atomic E-state index is 12.0. The Morgan fingerprint density at radius 1 is 1.23 bits per heavy atom. The molecule has 0 radical (unpaired) electrons. The summed E-state index contributed by atoms with van der Waals surface area (Å²) in [5.74, 6) is 0.170. The zero-order valence-electron chi connectivity index (χ0n) is 13.7. The third-order valence-electron chi connectivity index (χ3n) is 3.02. The maximum absolute atomic E-state index is 12.0. The summed E-state index contributed by atoms with van der Waals surface area (Å²) in [4.78, 5) is 23.5. The van der Waals surface area contributed by atoms with Crippen molar-refractivity contribution in [2.45, 2.75) is 27.7 Å². The molecule has 1 amide bonds. The second-order valence-corrected chi connectivity index (χ2v) is 5.41. The zero-order chi connectivity index (χ0) is 16.8. The summed E-state index contributed by atoms with van der Waals surface area (Å²) in [6.45, 7) is 6.99. The summed E-state index contributed by atoms with van der Waals surface area (Å²) in [5, 5.41) is 2.76. The molecule has 0 aliphatic heterocycles. The van der Waals surface area contributed by atoms with Gasteiger partial charge in [0.15, 0.2) is 0 Å². The second-order valence-electron chi connectivity index (χ2n) is 5.41. The summed E-state index contributed by atoms with van der Waals surface area (Å²) < 4.78 is 10.2. The molecule has 0 heterocycles. The van der Waals surface area contributed by atoms with E-state index in [0.29, 0.717) is 12.3 Å². The summed E-state index contributed by atoms with van der Waals surface area (Å²) in [5.41, 5.74) is 0.495. The van der Waals surface area contributed by atoms with Crippen molar-refractivity contribution in [3.63, 3.8) is 0 Å². The van der Waals surface area contributed by atoms with Crippen LogP contribution in [0, 0.1) is 5.41 Å². The number of carbonyl (C=O) groups is 2. The molecule has 22 heavy (non-hydrogen) atoms. The van der Waals surface area contributed by atoms with Gasteiger partial charge in [0.05, 0.1) is 19.1 Å². The van der Waals surface area contributed by atoms with Crippen molar-refractivity contribution in [3.05, 3.63) is 35.9 Å². The van der Waals surface area contributed by atoms with E-state index in [2.05, 4.69) is 5.32 Å². The van der Waals surface area contributed by atoms with E-state index >= 15 is 0 Å². The van der Waals surface area contributed by atoms with Crippen LogP contribution in [0.3, 0.4) is 0 Å². The third kappa shape index (κ3) is 4.91. The number of ether oxygens (including phenoxy) is 2. The average molecular weight is 305 g/mol. The van der Waals surface area contributed by atoms with Crippen LogP contribution in [0.5, 0.6) is 5.75 Å². The van der Waals surface area contributed by atoms with E-state index in [-0.39, 0.29) is 11.9 Å². The van der Waals surface area contributed by atoms with Crippen LogP contribution >= 0.6 is 0 Å². The number of benzene rings is 1. The Kier molecular flexibility index (Phi) is 6.16. The van der Waals surface area contributed by atoms with E-state index in [1.54, 1.807) is 46.1 Å². The van der Waals surface area contributed by atoms with Crippen LogP contribution in [0.25, 0.3) is 5.70 Å². The van der Waals surface area contributed by atoms with Crippen LogP contribution in [0.2, 0.25) is 0 Å². The van der Waals surface area contributed by atoms with Gasteiger partial charge in [-0.2, -0.15) is 0 Å². The van der Waals surface area contributed by atoms with Gasteiger partial charge in [-0.15, -0.1) is 0 Å². The minimum Gasteiger partial charge on any atom is -0.497 e. The smallest absolute Gasteiger partial charge is 0.315 e. The number of methoxy groups -OCH3 is 1. The average Bonchev–Trinajstić information content (AvgIpc) is 2.46. The highest BCUT2D eigenvalue weighted by atomic mass is 16.5. The van der Waals surface area contributed by atoms with Gasteiger partial charge >= 0.3 is 5.97 Å². The lowest BCUT2D eigenvalue weighted by molar-refractivity contribution is -0.150. The second kappa shape index (κ2) is 7.64. The lowest BCUT2D eigenvalue weighted by atomic mass is 9.91. The molecule has 0 fully saturated rings. The molecule has 0 saturated carbocycles. The molecule has 0 saturated heterocycles. The highest BCUT2D eigenvalue weighted by molar-refractivity contribution is 5.88. The number of hydrogen-bond acceptors (Lipinski definition) is 4. The van der Waals surface area contributed by atoms with Gasteiger partial charge in [-0.1, -0.05) is 0 Å². The molecule has 0 aliphatic rings. The van der Waals surface area contributed by atoms with Crippen molar-refractivity contribution < 1.29 is 19.1 Å². The van der Waals surface area contributed by atoms with Crippen LogP contribution in [0.4, 0.5) is 0 Å². The minimum absolute atomic E-state index is 0.207. The molecule has 120 valence electrons. The molecule has 0 spiro atoms. The van der Waals surface area contributed by atoms with E-state index in [1.807, 2.05) is 12.1 Å². The van der Waals surface area contributed by atoms with E-state index < -0.39 is 5.41 Å². The van der Waals surface area contributed by atoms with Gasteiger partial charge < -0.3 is 14.8 Å². The number of carbonyl (C=O) groups excluding carboxylic acids is 2. The molecule has 5 heteroatoms. The Bertz CT molecular complexity index is 559. The lowest BCUT2D eigenvalue weighted by Crippen LogP contribution is -2.27. The molecular formula is C17H23NO4. The number of esters is 1. The zero-order valence-corrected chi connectivity index (χ0v) is 13.7. The molecule has 0 aliphatic carbocycles. The number of nitrogens with one attached hydrogen (secondary N) is 1. The molecular weight excluding hydrogens is 282 g/mol. The monoisotopic (exact) mass is 305 g/mol. The quantitative estimate of drug-likeness (QED) is 0.821. The first-order chi connectivity index (χ1) is 10.3. The molecule has 1 aromatic rings. The molecule has 1 aromatic carbocycles. The van der Waals surface area contributed by atoms with E-state index in [9.17, 15) is 9.59 Å². The van der Waals surface area contributed by atoms with Crippen molar-refractivity contribution in [1.82, 2.24) is 5.32 Å². The van der Waals surface area contributed by atoms with Gasteiger partial charge in [0.25, 0.3) is 0 Å². The van der Waals surface area contributed by atoms with Gasteiger partial charge in [0, 0.05) is 12.6 Å². The van der Waals surface area contributed by atoms with Crippen LogP contribution < -0.4 is 10.1 Å². The number of hydrogen-bond donors (Lipinski definition) is 1. The van der Waals surface area contributed by atoms with Gasteiger partial charge in [-0.3, -0.25) is 9.59 Å². The van der Waals surface area contributed by atoms with E-state index in [1.165, 1.54) is 6.92 Å². The topological polar surface area (TPSA) is 64.6 Å². The first kappa shape index (κ1) is 17.8. The highest BCUT2D eigenvalue weighted by Gasteiger charge is 2.28. The van der Waals surface area contributed by atoms with Gasteiger partial charge in [-0.05, 0) is 56.7 Å². The highest BCUT2D eigenvalue weighted by Crippen LogP contribution is 2.25. The van der Waals surface area contributed by atoms with Gasteiger partial charge in [-0.25, -0.2) is 0 Å². The van der Waals surface area contributed by atoms with Gasteiger partial charge in [0.2, 0.25) is 5.91 Å². The summed E-state index contributed by atoms with van der Waals surface area (Å²) in [6, 6.07) is 7.23. The van der Waals surface area contributed by atoms with Crippen LogP contribution in [0.1, 0.15) is 33.3 Å². The van der Waals surface area contributed by atoms with Crippen molar-refractivity contribution in [2.24, 2.45) is 5.41 Å². The summed E-state index contributed by atoms with van der Waals surface area (Å²) in [6.07, 6.45) is 1.70. The third-order valence-corrected chi connectivity index (χ3v) is 3.02. The van der Waals surface area contributed by atoms with Crippen LogP contribution in [-0.4, -0.2) is 25.6 Å². The SMILES string of the molecule is CCOC(=O)C(C)(C)/C=C(\NC(C)=O)c1ccc(OC)cc1. The Labute approximate surface area is 131 Å². The number of amides is 1. The van der Waals surface area contributed by atoms with E-state index in [4.69, 9.17) is 9.47 Å². The molecule has 0 atom stereocenters. The van der Waals surface area contributed by atoms with Crippen LogP contribution in [0.15, 0.2) is 30.3 Å². The fourth-order valence-corrected chi connectivity index (χ4v) is 1.89. The molecule has 0 unspecified atom stereocenters. The summed E-state index contributed by atoms with van der Waals surface area (Å²) in [7, 11) is 1.59. The molecule has 5 nitrogen and oxygen atoms in total. The normalized spacial score (nSPS) is 11.8. The van der Waals surface area contributed by atoms with E-state index in [0.717, 1.165) is 11.3 Å². The standard InChI is InChI=1S/C17H23NO4/c1-6-22-16(20)17(3,4)11-15(18-12(2)19)13-7-9-14(21-5)10-8-13/h7-11H,6H2,1-5H3,(H,18,19)/b15-11-.